The number of hydrogen-bond acceptors (Lipinski definition) is 4. The lowest BCUT2D eigenvalue weighted by Gasteiger charge is -2.33. The third kappa shape index (κ3) is 3.93. The maximum Gasteiger partial charge on any atom is 0.261 e. The summed E-state index contributed by atoms with van der Waals surface area (Å²) < 4.78 is 26.7. The summed E-state index contributed by atoms with van der Waals surface area (Å²) in [4.78, 5) is 24.3. The summed E-state index contributed by atoms with van der Waals surface area (Å²) in [5.41, 5.74) is 1.18. The second-order valence-electron chi connectivity index (χ2n) is 6.11. The minimum atomic E-state index is -0.884. The Labute approximate surface area is 148 Å². The van der Waals surface area contributed by atoms with Crippen LogP contribution in [0, 0.1) is 11.6 Å². The summed E-state index contributed by atoms with van der Waals surface area (Å²) in [6.45, 7) is 2.73. The summed E-state index contributed by atoms with van der Waals surface area (Å²) in [5.74, 6) is -2.22. The molecule has 132 valence electrons. The zero-order valence-corrected chi connectivity index (χ0v) is 14.5. The lowest BCUT2D eigenvalue weighted by molar-refractivity contribution is 0.0928. The topological polar surface area (TPSA) is 58.2 Å². The van der Waals surface area contributed by atoms with Crippen LogP contribution in [0.5, 0.6) is 0 Å². The fourth-order valence-corrected chi connectivity index (χ4v) is 3.88. The molecule has 25 heavy (non-hydrogen) atoms. The van der Waals surface area contributed by atoms with Gasteiger partial charge in [0.2, 0.25) is 0 Å². The van der Waals surface area contributed by atoms with Gasteiger partial charge in [0.1, 0.15) is 0 Å². The minimum absolute atomic E-state index is 0.0886. The number of halogens is 2. The van der Waals surface area contributed by atoms with Crippen LogP contribution in [-0.2, 0) is 0 Å². The molecule has 1 saturated heterocycles. The van der Waals surface area contributed by atoms with Gasteiger partial charge in [0.25, 0.3) is 5.91 Å². The van der Waals surface area contributed by atoms with E-state index in [9.17, 15) is 18.4 Å². The van der Waals surface area contributed by atoms with Crippen molar-refractivity contribution in [3.63, 3.8) is 0 Å². The monoisotopic (exact) mass is 364 g/mol. The first-order chi connectivity index (χ1) is 12.0. The summed E-state index contributed by atoms with van der Waals surface area (Å²) in [6, 6.07) is 5.21. The van der Waals surface area contributed by atoms with Crippen LogP contribution >= 0.6 is 11.3 Å². The molecule has 0 radical (unpaired) electrons. The third-order valence-electron chi connectivity index (χ3n) is 4.40. The molecule has 2 N–H and O–H groups in total. The first kappa shape index (κ1) is 17.7. The van der Waals surface area contributed by atoms with Crippen molar-refractivity contribution < 1.29 is 18.4 Å². The molecule has 2 atom stereocenters. The molecule has 2 heterocycles. The Morgan fingerprint density at radius 3 is 2.72 bits per heavy atom. The van der Waals surface area contributed by atoms with E-state index in [0.29, 0.717) is 29.0 Å². The quantitative estimate of drug-likeness (QED) is 0.820. The average Bonchev–Trinajstić information content (AvgIpc) is 3.08. The highest BCUT2D eigenvalue weighted by atomic mass is 32.1. The number of hydrogen-bond donors (Lipinski definition) is 2. The van der Waals surface area contributed by atoms with Crippen molar-refractivity contribution in [2.24, 2.45) is 0 Å². The molecule has 1 amide bonds. The molecular formula is C18H18F2N2O2S. The molecule has 1 aliphatic rings. The molecule has 0 bridgehead atoms. The van der Waals surface area contributed by atoms with Crippen LogP contribution in [0.1, 0.15) is 44.9 Å². The lowest BCUT2D eigenvalue weighted by Crippen LogP contribution is -2.49. The fraction of sp³-hybridized carbons (Fsp3) is 0.333. The molecule has 2 unspecified atom stereocenters. The normalized spacial score (nSPS) is 20.3. The van der Waals surface area contributed by atoms with Gasteiger partial charge in [0.05, 0.1) is 4.88 Å². The Bertz CT molecular complexity index is 806. The maximum absolute atomic E-state index is 13.6. The van der Waals surface area contributed by atoms with Gasteiger partial charge in [0.15, 0.2) is 17.4 Å². The number of thiophene rings is 1. The molecule has 1 aromatic carbocycles. The van der Waals surface area contributed by atoms with Gasteiger partial charge in [0, 0.05) is 29.4 Å². The summed E-state index contributed by atoms with van der Waals surface area (Å²) in [6.07, 6.45) is 0.707. The van der Waals surface area contributed by atoms with Crippen molar-refractivity contribution in [2.75, 3.05) is 13.1 Å². The van der Waals surface area contributed by atoms with Crippen molar-refractivity contribution in [1.82, 2.24) is 10.6 Å². The second-order valence-corrected chi connectivity index (χ2v) is 7.02. The average molecular weight is 364 g/mol. The largest absolute Gasteiger partial charge is 0.347 e. The lowest BCUT2D eigenvalue weighted by atomic mass is 9.86. The van der Waals surface area contributed by atoms with E-state index >= 15 is 0 Å². The van der Waals surface area contributed by atoms with Crippen molar-refractivity contribution in [1.29, 1.82) is 0 Å². The van der Waals surface area contributed by atoms with E-state index < -0.39 is 11.6 Å². The predicted octanol–water partition coefficient (Wildman–Crippen LogP) is 3.10. The number of rotatable bonds is 4. The van der Waals surface area contributed by atoms with Gasteiger partial charge in [-0.05, 0) is 43.7 Å². The van der Waals surface area contributed by atoms with Crippen molar-refractivity contribution in [3.05, 3.63) is 57.3 Å². The molecule has 0 aliphatic carbocycles. The standard InChI is InChI=1S/C18H18F2N2O2S/c1-10(23)12-7-17(25-9-12)18(24)22-16-8-21-5-4-13(16)11-2-3-14(19)15(20)6-11/h2-3,6-7,9,13,16,21H,4-5,8H2,1H3,(H,22,24). The van der Waals surface area contributed by atoms with Crippen LogP contribution in [0.4, 0.5) is 8.78 Å². The van der Waals surface area contributed by atoms with Crippen LogP contribution in [0.3, 0.4) is 0 Å². The van der Waals surface area contributed by atoms with E-state index in [0.717, 1.165) is 12.6 Å². The molecule has 0 saturated carbocycles. The number of carbonyl (C=O) groups is 2. The number of carbonyl (C=O) groups excluding carboxylic acids is 2. The van der Waals surface area contributed by atoms with E-state index in [1.54, 1.807) is 17.5 Å². The van der Waals surface area contributed by atoms with Crippen molar-refractivity contribution in [3.8, 4) is 0 Å². The number of benzene rings is 1. The predicted molar refractivity (Wildman–Crippen MR) is 92.2 cm³/mol. The zero-order chi connectivity index (χ0) is 18.0. The van der Waals surface area contributed by atoms with Crippen LogP contribution in [0.25, 0.3) is 0 Å². The molecule has 0 spiro atoms. The second kappa shape index (κ2) is 7.41. The minimum Gasteiger partial charge on any atom is -0.347 e. The summed E-state index contributed by atoms with van der Waals surface area (Å²) in [7, 11) is 0. The van der Waals surface area contributed by atoms with Gasteiger partial charge < -0.3 is 10.6 Å². The smallest absolute Gasteiger partial charge is 0.261 e. The van der Waals surface area contributed by atoms with Gasteiger partial charge >= 0.3 is 0 Å². The number of Topliss-reactive ketones (excluding diaryl/α,β-unsaturated/α-hetero) is 1. The molecule has 1 aromatic heterocycles. The summed E-state index contributed by atoms with van der Waals surface area (Å²) >= 11 is 1.21. The third-order valence-corrected chi connectivity index (χ3v) is 5.33. The van der Waals surface area contributed by atoms with Crippen molar-refractivity contribution in [2.45, 2.75) is 25.3 Å². The van der Waals surface area contributed by atoms with E-state index in [-0.39, 0.29) is 23.7 Å². The van der Waals surface area contributed by atoms with Crippen molar-refractivity contribution >= 4 is 23.0 Å². The molecule has 7 heteroatoms. The van der Waals surface area contributed by atoms with E-state index in [4.69, 9.17) is 0 Å². The Balaban J connectivity index is 1.77. The molecule has 3 rings (SSSR count). The van der Waals surface area contributed by atoms with E-state index in [1.165, 1.54) is 24.3 Å². The summed E-state index contributed by atoms with van der Waals surface area (Å²) in [5, 5.41) is 7.82. The molecule has 2 aromatic rings. The SMILES string of the molecule is CC(=O)c1csc(C(=O)NC2CNCCC2c2ccc(F)c(F)c2)c1. The molecule has 4 nitrogen and oxygen atoms in total. The Kier molecular flexibility index (Phi) is 5.24. The van der Waals surface area contributed by atoms with Gasteiger partial charge in [-0.25, -0.2) is 8.78 Å². The molecule has 1 fully saturated rings. The van der Waals surface area contributed by atoms with Crippen LogP contribution in [0.15, 0.2) is 29.6 Å². The number of nitrogens with one attached hydrogen (secondary N) is 2. The fourth-order valence-electron chi connectivity index (χ4n) is 3.03. The Hall–Kier alpha value is -2.12. The van der Waals surface area contributed by atoms with E-state index in [2.05, 4.69) is 10.6 Å². The first-order valence-corrected chi connectivity index (χ1v) is 8.89. The molecular weight excluding hydrogens is 346 g/mol. The highest BCUT2D eigenvalue weighted by Crippen LogP contribution is 2.27. The van der Waals surface area contributed by atoms with Crippen LogP contribution in [-0.4, -0.2) is 30.8 Å². The Morgan fingerprint density at radius 2 is 2.04 bits per heavy atom. The van der Waals surface area contributed by atoms with Gasteiger partial charge in [-0.15, -0.1) is 11.3 Å². The molecule has 1 aliphatic heterocycles. The first-order valence-electron chi connectivity index (χ1n) is 8.01. The number of amides is 1. The maximum atomic E-state index is 13.6. The van der Waals surface area contributed by atoms with Gasteiger partial charge in [-0.3, -0.25) is 9.59 Å². The van der Waals surface area contributed by atoms with E-state index in [1.807, 2.05) is 0 Å². The Morgan fingerprint density at radius 1 is 1.24 bits per heavy atom. The van der Waals surface area contributed by atoms with Gasteiger partial charge in [-0.2, -0.15) is 0 Å². The highest BCUT2D eigenvalue weighted by molar-refractivity contribution is 7.12. The van der Waals surface area contributed by atoms with Crippen LogP contribution < -0.4 is 10.6 Å². The zero-order valence-electron chi connectivity index (χ0n) is 13.6. The number of ketones is 1. The number of piperidine rings is 1. The van der Waals surface area contributed by atoms with Crippen LogP contribution in [0.2, 0.25) is 0 Å². The highest BCUT2D eigenvalue weighted by Gasteiger charge is 2.29. The van der Waals surface area contributed by atoms with Gasteiger partial charge in [-0.1, -0.05) is 6.07 Å².